The lowest BCUT2D eigenvalue weighted by Crippen LogP contribution is -2.22. The molecule has 2 N–H and O–H groups in total. The number of carbonyl (C=O) groups is 2. The molecule has 1 aromatic heterocycles. The third-order valence-corrected chi connectivity index (χ3v) is 5.09. The van der Waals surface area contributed by atoms with Crippen molar-refractivity contribution in [1.29, 1.82) is 0 Å². The van der Waals surface area contributed by atoms with Crippen molar-refractivity contribution >= 4 is 23.2 Å². The van der Waals surface area contributed by atoms with Crippen LogP contribution >= 0.6 is 0 Å². The Morgan fingerprint density at radius 3 is 2.21 bits per heavy atom. The van der Waals surface area contributed by atoms with E-state index in [9.17, 15) is 22.8 Å². The maximum atomic E-state index is 13.6. The fourth-order valence-electron chi connectivity index (χ4n) is 3.23. The number of alkyl halides is 3. The van der Waals surface area contributed by atoms with Crippen molar-refractivity contribution in [3.05, 3.63) is 83.3 Å². The Morgan fingerprint density at radius 2 is 1.64 bits per heavy atom. The Labute approximate surface area is 189 Å². The number of nitrogens with zero attached hydrogens (tertiary/aromatic N) is 1. The van der Waals surface area contributed by atoms with Crippen LogP contribution < -0.4 is 10.6 Å². The predicted molar refractivity (Wildman–Crippen MR) is 119 cm³/mol. The lowest BCUT2D eigenvalue weighted by atomic mass is 10.1. The molecular weight excluding hydrogens is 435 g/mol. The average molecular weight is 459 g/mol. The van der Waals surface area contributed by atoms with E-state index in [2.05, 4.69) is 29.4 Å². The smallest absolute Gasteiger partial charge is 0.418 e. The fraction of sp³-hybridized carbons (Fsp3) is 0.250. The van der Waals surface area contributed by atoms with Crippen LogP contribution in [0.4, 0.5) is 24.5 Å². The maximum Gasteiger partial charge on any atom is 0.418 e. The van der Waals surface area contributed by atoms with Crippen molar-refractivity contribution < 1.29 is 27.2 Å². The van der Waals surface area contributed by atoms with Crippen LogP contribution in [0.5, 0.6) is 0 Å². The fourth-order valence-corrected chi connectivity index (χ4v) is 3.23. The minimum Gasteiger partial charge on any atom is -0.459 e. The van der Waals surface area contributed by atoms with Gasteiger partial charge < -0.3 is 15.1 Å². The third kappa shape index (κ3) is 6.23. The van der Waals surface area contributed by atoms with Crippen LogP contribution in [0.2, 0.25) is 0 Å². The monoisotopic (exact) mass is 459 g/mol. The molecule has 1 heterocycles. The molecule has 6 nitrogen and oxygen atoms in total. The van der Waals surface area contributed by atoms with Gasteiger partial charge in [-0.25, -0.2) is 0 Å². The molecule has 33 heavy (non-hydrogen) atoms. The van der Waals surface area contributed by atoms with E-state index in [-0.39, 0.29) is 17.0 Å². The minimum absolute atomic E-state index is 0.0367. The standard InChI is InChI=1S/C24H24F3N3O3/c1-3-30(4-2)15-16-7-9-17(10-8-16)22(31)29-20-12-11-18(14-19(20)24(25,26)27)28-23(32)21-6-5-13-33-21/h5-14H,3-4,15H2,1-2H3,(H,28,32)(H,29,31). The molecular formula is C24H24F3N3O3. The summed E-state index contributed by atoms with van der Waals surface area (Å²) in [6, 6.07) is 12.8. The van der Waals surface area contributed by atoms with E-state index in [0.29, 0.717) is 0 Å². The maximum absolute atomic E-state index is 13.6. The van der Waals surface area contributed by atoms with Crippen molar-refractivity contribution in [2.75, 3.05) is 23.7 Å². The number of hydrogen-bond acceptors (Lipinski definition) is 4. The summed E-state index contributed by atoms with van der Waals surface area (Å²) in [6.45, 7) is 6.60. The van der Waals surface area contributed by atoms with Gasteiger partial charge in [0.25, 0.3) is 11.8 Å². The van der Waals surface area contributed by atoms with Gasteiger partial charge in [-0.15, -0.1) is 0 Å². The van der Waals surface area contributed by atoms with Crippen LogP contribution in [0.1, 0.15) is 45.9 Å². The lowest BCUT2D eigenvalue weighted by molar-refractivity contribution is -0.136. The Bertz CT molecular complexity index is 1090. The van der Waals surface area contributed by atoms with E-state index in [1.54, 1.807) is 24.3 Å². The number of halogens is 3. The quantitative estimate of drug-likeness (QED) is 0.457. The second-order valence-electron chi connectivity index (χ2n) is 7.30. The van der Waals surface area contributed by atoms with Gasteiger partial charge in [0, 0.05) is 17.8 Å². The van der Waals surface area contributed by atoms with Crippen molar-refractivity contribution in [1.82, 2.24) is 4.90 Å². The average Bonchev–Trinajstić information content (AvgIpc) is 3.33. The van der Waals surface area contributed by atoms with Crippen molar-refractivity contribution in [2.24, 2.45) is 0 Å². The largest absolute Gasteiger partial charge is 0.459 e. The Balaban J connectivity index is 1.76. The number of nitrogens with one attached hydrogen (secondary N) is 2. The Hall–Kier alpha value is -3.59. The number of rotatable bonds is 8. The van der Waals surface area contributed by atoms with Crippen molar-refractivity contribution in [3.8, 4) is 0 Å². The van der Waals surface area contributed by atoms with Crippen LogP contribution in [0.15, 0.2) is 65.3 Å². The summed E-state index contributed by atoms with van der Waals surface area (Å²) in [6.07, 6.45) is -3.47. The van der Waals surface area contributed by atoms with Crippen LogP contribution in [-0.4, -0.2) is 29.8 Å². The van der Waals surface area contributed by atoms with E-state index < -0.39 is 29.2 Å². The first-order valence-corrected chi connectivity index (χ1v) is 10.4. The molecule has 0 spiro atoms. The summed E-state index contributed by atoms with van der Waals surface area (Å²) in [7, 11) is 0. The van der Waals surface area contributed by atoms with Crippen molar-refractivity contribution in [2.45, 2.75) is 26.6 Å². The normalized spacial score (nSPS) is 11.5. The lowest BCUT2D eigenvalue weighted by Gasteiger charge is -2.18. The number of anilines is 2. The van der Waals surface area contributed by atoms with E-state index in [0.717, 1.165) is 37.3 Å². The first-order valence-electron chi connectivity index (χ1n) is 10.4. The molecule has 9 heteroatoms. The van der Waals surface area contributed by atoms with Gasteiger partial charge in [0.2, 0.25) is 0 Å². The van der Waals surface area contributed by atoms with Crippen LogP contribution in [0.3, 0.4) is 0 Å². The molecule has 174 valence electrons. The topological polar surface area (TPSA) is 74.6 Å². The molecule has 3 aromatic rings. The highest BCUT2D eigenvalue weighted by Crippen LogP contribution is 2.37. The zero-order chi connectivity index (χ0) is 24.0. The van der Waals surface area contributed by atoms with Gasteiger partial charge in [0.1, 0.15) is 0 Å². The highest BCUT2D eigenvalue weighted by molar-refractivity contribution is 6.05. The molecule has 0 aliphatic carbocycles. The summed E-state index contributed by atoms with van der Waals surface area (Å²) in [4.78, 5) is 26.8. The van der Waals surface area contributed by atoms with Gasteiger partial charge in [-0.05, 0) is 61.1 Å². The number of carbonyl (C=O) groups excluding carboxylic acids is 2. The molecule has 0 bridgehead atoms. The zero-order valence-corrected chi connectivity index (χ0v) is 18.2. The molecule has 0 saturated heterocycles. The van der Waals surface area contributed by atoms with Gasteiger partial charge >= 0.3 is 6.18 Å². The van der Waals surface area contributed by atoms with Crippen molar-refractivity contribution in [3.63, 3.8) is 0 Å². The second-order valence-corrected chi connectivity index (χ2v) is 7.30. The molecule has 3 rings (SSSR count). The number of benzene rings is 2. The molecule has 2 aromatic carbocycles. The first-order chi connectivity index (χ1) is 15.7. The van der Waals surface area contributed by atoms with Gasteiger partial charge in [0.15, 0.2) is 5.76 Å². The molecule has 0 aliphatic rings. The Morgan fingerprint density at radius 1 is 0.939 bits per heavy atom. The molecule has 0 radical (unpaired) electrons. The zero-order valence-electron chi connectivity index (χ0n) is 18.2. The molecule has 0 fully saturated rings. The third-order valence-electron chi connectivity index (χ3n) is 5.09. The van der Waals surface area contributed by atoms with E-state index >= 15 is 0 Å². The van der Waals surface area contributed by atoms with Crippen LogP contribution in [-0.2, 0) is 12.7 Å². The van der Waals surface area contributed by atoms with E-state index in [4.69, 9.17) is 4.42 Å². The summed E-state index contributed by atoms with van der Waals surface area (Å²) in [5.74, 6) is -1.39. The highest BCUT2D eigenvalue weighted by Gasteiger charge is 2.34. The van der Waals surface area contributed by atoms with Crippen LogP contribution in [0, 0.1) is 0 Å². The number of hydrogen-bond donors (Lipinski definition) is 2. The minimum atomic E-state index is -4.75. The second kappa shape index (κ2) is 10.4. The van der Waals surface area contributed by atoms with E-state index in [1.165, 1.54) is 24.5 Å². The molecule has 0 atom stereocenters. The first kappa shape index (κ1) is 24.1. The summed E-state index contributed by atoms with van der Waals surface area (Å²) in [5.41, 5.74) is -0.325. The van der Waals surface area contributed by atoms with Crippen LogP contribution in [0.25, 0.3) is 0 Å². The highest BCUT2D eigenvalue weighted by atomic mass is 19.4. The van der Waals surface area contributed by atoms with Gasteiger partial charge in [0.05, 0.1) is 17.5 Å². The summed E-state index contributed by atoms with van der Waals surface area (Å²) >= 11 is 0. The molecule has 0 saturated carbocycles. The molecule has 0 aliphatic heterocycles. The predicted octanol–water partition coefficient (Wildman–Crippen LogP) is 5.64. The summed E-state index contributed by atoms with van der Waals surface area (Å²) < 4.78 is 45.9. The van der Waals surface area contributed by atoms with Gasteiger partial charge in [-0.2, -0.15) is 13.2 Å². The Kier molecular flexibility index (Phi) is 7.55. The van der Waals surface area contributed by atoms with E-state index in [1.807, 2.05) is 0 Å². The molecule has 0 unspecified atom stereocenters. The van der Waals surface area contributed by atoms with Gasteiger partial charge in [-0.1, -0.05) is 26.0 Å². The number of amides is 2. The van der Waals surface area contributed by atoms with Gasteiger partial charge in [-0.3, -0.25) is 14.5 Å². The summed E-state index contributed by atoms with van der Waals surface area (Å²) in [5, 5.41) is 4.67. The number of furan rings is 1. The SMILES string of the molecule is CCN(CC)Cc1ccc(C(=O)Nc2ccc(NC(=O)c3ccco3)cc2C(F)(F)F)cc1. The molecule has 2 amide bonds.